The van der Waals surface area contributed by atoms with Gasteiger partial charge in [-0.2, -0.15) is 0 Å². The maximum atomic E-state index is 11.9. The number of methoxy groups -OCH3 is 1. The van der Waals surface area contributed by atoms with Crippen LogP contribution in [0.3, 0.4) is 0 Å². The van der Waals surface area contributed by atoms with Gasteiger partial charge in [0.1, 0.15) is 10.6 Å². The predicted octanol–water partition coefficient (Wildman–Crippen LogP) is 2.24. The smallest absolute Gasteiger partial charge is 0.350 e. The van der Waals surface area contributed by atoms with Crippen molar-refractivity contribution in [3.05, 3.63) is 45.4 Å². The predicted molar refractivity (Wildman–Crippen MR) is 86.7 cm³/mol. The van der Waals surface area contributed by atoms with Crippen LogP contribution >= 0.6 is 11.3 Å². The van der Waals surface area contributed by atoms with Crippen molar-refractivity contribution in [1.29, 1.82) is 0 Å². The molecule has 0 spiro atoms. The second-order valence-electron chi connectivity index (χ2n) is 4.85. The Labute approximate surface area is 138 Å². The Bertz CT molecular complexity index is 712. The number of hydrogen-bond acceptors (Lipinski definition) is 6. The highest BCUT2D eigenvalue weighted by Crippen LogP contribution is 2.18. The van der Waals surface area contributed by atoms with E-state index in [1.165, 1.54) is 11.3 Å². The van der Waals surface area contributed by atoms with E-state index in [-0.39, 0.29) is 12.5 Å². The van der Waals surface area contributed by atoms with Gasteiger partial charge in [-0.15, -0.1) is 11.3 Å². The molecule has 122 valence electrons. The van der Waals surface area contributed by atoms with Gasteiger partial charge >= 0.3 is 5.97 Å². The van der Waals surface area contributed by atoms with Crippen LogP contribution in [0.1, 0.15) is 25.9 Å². The third-order valence-electron chi connectivity index (χ3n) is 3.05. The highest BCUT2D eigenvalue weighted by atomic mass is 32.1. The quantitative estimate of drug-likeness (QED) is 0.820. The van der Waals surface area contributed by atoms with E-state index in [1.807, 2.05) is 31.2 Å². The number of carbonyl (C=O) groups is 2. The first-order valence-electron chi connectivity index (χ1n) is 7.00. The van der Waals surface area contributed by atoms with Gasteiger partial charge in [-0.25, -0.2) is 9.78 Å². The Morgan fingerprint density at radius 3 is 2.74 bits per heavy atom. The number of hydrogen-bond donors (Lipinski definition) is 1. The molecule has 2 rings (SSSR count). The Kier molecular flexibility index (Phi) is 5.70. The average Bonchev–Trinajstić information content (AvgIpc) is 2.89. The minimum absolute atomic E-state index is 0.320. The Balaban J connectivity index is 1.81. The molecular formula is C16H18N2O4S. The van der Waals surface area contributed by atoms with E-state index in [9.17, 15) is 9.59 Å². The van der Waals surface area contributed by atoms with Crippen molar-refractivity contribution in [3.8, 4) is 5.75 Å². The van der Waals surface area contributed by atoms with E-state index in [1.54, 1.807) is 14.0 Å². The molecule has 0 bridgehead atoms. The van der Waals surface area contributed by atoms with Crippen LogP contribution in [0.25, 0.3) is 0 Å². The molecule has 0 atom stereocenters. The zero-order valence-electron chi connectivity index (χ0n) is 13.2. The summed E-state index contributed by atoms with van der Waals surface area (Å²) in [5.74, 6) is -0.163. The Hall–Kier alpha value is -2.41. The number of carbonyl (C=O) groups excluding carboxylic acids is 2. The lowest BCUT2D eigenvalue weighted by Gasteiger charge is -2.07. The highest BCUT2D eigenvalue weighted by molar-refractivity contribution is 7.13. The SMILES string of the molecule is COc1cccc(CNC(=O)COC(=O)c2sc(C)nc2C)c1. The van der Waals surface area contributed by atoms with Gasteiger partial charge in [-0.05, 0) is 31.5 Å². The molecule has 0 aliphatic carbocycles. The number of ether oxygens (including phenoxy) is 2. The normalized spacial score (nSPS) is 10.2. The molecule has 0 aliphatic rings. The number of aromatic nitrogens is 1. The fourth-order valence-electron chi connectivity index (χ4n) is 1.95. The molecular weight excluding hydrogens is 316 g/mol. The maximum Gasteiger partial charge on any atom is 0.350 e. The van der Waals surface area contributed by atoms with Crippen LogP contribution in [-0.2, 0) is 16.1 Å². The molecule has 1 heterocycles. The van der Waals surface area contributed by atoms with Crippen LogP contribution in [0.4, 0.5) is 0 Å². The number of nitrogens with one attached hydrogen (secondary N) is 1. The van der Waals surface area contributed by atoms with Gasteiger partial charge in [0.25, 0.3) is 5.91 Å². The topological polar surface area (TPSA) is 77.5 Å². The molecule has 1 aromatic heterocycles. The molecule has 0 saturated carbocycles. The van der Waals surface area contributed by atoms with E-state index < -0.39 is 5.97 Å². The van der Waals surface area contributed by atoms with Gasteiger partial charge in [0.2, 0.25) is 0 Å². The zero-order valence-corrected chi connectivity index (χ0v) is 14.0. The Morgan fingerprint density at radius 2 is 2.09 bits per heavy atom. The Morgan fingerprint density at radius 1 is 1.30 bits per heavy atom. The summed E-state index contributed by atoms with van der Waals surface area (Å²) in [6.45, 7) is 3.57. The van der Waals surface area contributed by atoms with Crippen molar-refractivity contribution >= 4 is 23.2 Å². The number of amides is 1. The maximum absolute atomic E-state index is 11.9. The number of nitrogens with zero attached hydrogens (tertiary/aromatic N) is 1. The van der Waals surface area contributed by atoms with Crippen LogP contribution in [0.2, 0.25) is 0 Å². The summed E-state index contributed by atoms with van der Waals surface area (Å²) in [6.07, 6.45) is 0. The summed E-state index contributed by atoms with van der Waals surface area (Å²) < 4.78 is 10.1. The molecule has 1 aromatic carbocycles. The number of thiazole rings is 1. The summed E-state index contributed by atoms with van der Waals surface area (Å²) in [5, 5.41) is 3.48. The first-order valence-corrected chi connectivity index (χ1v) is 7.82. The minimum atomic E-state index is -0.523. The van der Waals surface area contributed by atoms with E-state index >= 15 is 0 Å². The zero-order chi connectivity index (χ0) is 16.8. The molecule has 6 nitrogen and oxygen atoms in total. The van der Waals surface area contributed by atoms with E-state index in [4.69, 9.17) is 9.47 Å². The molecule has 1 amide bonds. The number of benzene rings is 1. The highest BCUT2D eigenvalue weighted by Gasteiger charge is 2.16. The molecule has 0 aliphatic heterocycles. The molecule has 2 aromatic rings. The van der Waals surface area contributed by atoms with Crippen molar-refractivity contribution < 1.29 is 19.1 Å². The minimum Gasteiger partial charge on any atom is -0.497 e. The van der Waals surface area contributed by atoms with Crippen LogP contribution in [0.15, 0.2) is 24.3 Å². The van der Waals surface area contributed by atoms with Gasteiger partial charge < -0.3 is 14.8 Å². The second kappa shape index (κ2) is 7.73. The summed E-state index contributed by atoms with van der Waals surface area (Å²) in [7, 11) is 1.58. The van der Waals surface area contributed by atoms with Crippen molar-refractivity contribution in [3.63, 3.8) is 0 Å². The van der Waals surface area contributed by atoms with Crippen LogP contribution < -0.4 is 10.1 Å². The lowest BCUT2D eigenvalue weighted by atomic mass is 10.2. The first-order chi connectivity index (χ1) is 11.0. The van der Waals surface area contributed by atoms with Gasteiger partial charge in [-0.3, -0.25) is 4.79 Å². The van der Waals surface area contributed by atoms with Crippen LogP contribution in [0.5, 0.6) is 5.75 Å². The van der Waals surface area contributed by atoms with Crippen molar-refractivity contribution in [2.75, 3.05) is 13.7 Å². The van der Waals surface area contributed by atoms with Gasteiger partial charge in [-0.1, -0.05) is 12.1 Å². The summed E-state index contributed by atoms with van der Waals surface area (Å²) in [6, 6.07) is 7.37. The van der Waals surface area contributed by atoms with Crippen molar-refractivity contribution in [2.24, 2.45) is 0 Å². The molecule has 0 unspecified atom stereocenters. The summed E-state index contributed by atoms with van der Waals surface area (Å²) in [4.78, 5) is 28.2. The largest absolute Gasteiger partial charge is 0.497 e. The van der Waals surface area contributed by atoms with E-state index in [0.29, 0.717) is 17.1 Å². The molecule has 7 heteroatoms. The van der Waals surface area contributed by atoms with Crippen LogP contribution in [-0.4, -0.2) is 30.6 Å². The average molecular weight is 334 g/mol. The lowest BCUT2D eigenvalue weighted by molar-refractivity contribution is -0.124. The third-order valence-corrected chi connectivity index (χ3v) is 4.10. The number of aryl methyl sites for hydroxylation is 2. The lowest BCUT2D eigenvalue weighted by Crippen LogP contribution is -2.28. The van der Waals surface area contributed by atoms with Gasteiger partial charge in [0, 0.05) is 6.54 Å². The van der Waals surface area contributed by atoms with Crippen molar-refractivity contribution in [1.82, 2.24) is 10.3 Å². The number of rotatable bonds is 6. The second-order valence-corrected chi connectivity index (χ2v) is 6.06. The standard InChI is InChI=1S/C16H18N2O4S/c1-10-15(23-11(2)18-10)16(20)22-9-14(19)17-8-12-5-4-6-13(7-12)21-3/h4-7H,8-9H2,1-3H3,(H,17,19). The summed E-state index contributed by atoms with van der Waals surface area (Å²) >= 11 is 1.26. The molecule has 0 radical (unpaired) electrons. The fraction of sp³-hybridized carbons (Fsp3) is 0.312. The fourth-order valence-corrected chi connectivity index (χ4v) is 2.77. The van der Waals surface area contributed by atoms with E-state index in [0.717, 1.165) is 16.3 Å². The molecule has 1 N–H and O–H groups in total. The monoisotopic (exact) mass is 334 g/mol. The van der Waals surface area contributed by atoms with Crippen LogP contribution in [0, 0.1) is 13.8 Å². The number of esters is 1. The van der Waals surface area contributed by atoms with Gasteiger partial charge in [0.05, 0.1) is 17.8 Å². The van der Waals surface area contributed by atoms with E-state index in [2.05, 4.69) is 10.3 Å². The molecule has 0 fully saturated rings. The van der Waals surface area contributed by atoms with Crippen molar-refractivity contribution in [2.45, 2.75) is 20.4 Å². The third kappa shape index (κ3) is 4.79. The molecule has 0 saturated heterocycles. The first kappa shape index (κ1) is 17.0. The van der Waals surface area contributed by atoms with Gasteiger partial charge in [0.15, 0.2) is 6.61 Å². The summed E-state index contributed by atoms with van der Waals surface area (Å²) in [5.41, 5.74) is 1.52. The molecule has 23 heavy (non-hydrogen) atoms.